The molecule has 0 radical (unpaired) electrons. The zero-order chi connectivity index (χ0) is 51.9. The number of nitrogens with zero attached hydrogens (tertiary/aromatic N) is 2. The quantitative estimate of drug-likeness (QED) is 0.0486. The lowest BCUT2D eigenvalue weighted by Gasteiger charge is -2.52. The number of hydrogen-bond donors (Lipinski definition) is 0. The number of rotatable bonds is 22. The zero-order valence-corrected chi connectivity index (χ0v) is 46.6. The Morgan fingerprint density at radius 3 is 1.65 bits per heavy atom. The lowest BCUT2D eigenvalue weighted by atomic mass is 9.80. The number of carbonyl (C=O) groups excluding carboxylic acids is 2. The fraction of sp³-hybridized carbons (Fsp3) is 0.481. The van der Waals surface area contributed by atoms with Gasteiger partial charge >= 0.3 is 11.9 Å². The molecule has 3 heterocycles. The van der Waals surface area contributed by atoms with E-state index in [9.17, 15) is 9.59 Å². The molecule has 4 aromatic rings. The molecule has 0 N–H and O–H groups in total. The predicted molar refractivity (Wildman–Crippen MR) is 268 cm³/mol. The molecule has 0 fully saturated rings. The summed E-state index contributed by atoms with van der Waals surface area (Å²) in [6.45, 7) is 3.54. The molecular formula is C54H69Cl3N2O15. The van der Waals surface area contributed by atoms with Crippen LogP contribution in [-0.4, -0.2) is 146 Å². The average molecular weight is 1090 g/mol. The normalized spacial score (nSPS) is 19.2. The molecule has 4 aromatic carbocycles. The van der Waals surface area contributed by atoms with E-state index in [1.54, 1.807) is 78.2 Å². The minimum absolute atomic E-state index is 0. The first-order valence-electron chi connectivity index (χ1n) is 23.8. The molecule has 2 unspecified atom stereocenters. The molecule has 17 nitrogen and oxygen atoms in total. The highest BCUT2D eigenvalue weighted by molar-refractivity contribution is 6.42. The molecule has 20 heteroatoms. The van der Waals surface area contributed by atoms with E-state index in [1.165, 1.54) is 0 Å². The Morgan fingerprint density at radius 1 is 0.568 bits per heavy atom. The first-order valence-corrected chi connectivity index (χ1v) is 24.2. The highest BCUT2D eigenvalue weighted by Gasteiger charge is 2.50. The smallest absolute Gasteiger partial charge is 0.350 e. The van der Waals surface area contributed by atoms with Crippen LogP contribution in [0.25, 0.3) is 0 Å². The minimum atomic E-state index is -0.819. The number of halogens is 3. The maximum Gasteiger partial charge on any atom is 0.350 e. The number of likely N-dealkylation sites (N-methyl/N-ethyl adjacent to an activating group) is 1. The van der Waals surface area contributed by atoms with Crippen LogP contribution in [0.4, 0.5) is 0 Å². The molecule has 0 spiro atoms. The van der Waals surface area contributed by atoms with Gasteiger partial charge in [0.2, 0.25) is 17.2 Å². The van der Waals surface area contributed by atoms with Crippen LogP contribution in [0.3, 0.4) is 0 Å². The van der Waals surface area contributed by atoms with E-state index < -0.39 is 11.9 Å². The Morgan fingerprint density at radius 2 is 1.07 bits per heavy atom. The summed E-state index contributed by atoms with van der Waals surface area (Å²) in [4.78, 5) is 26.4. The Labute approximate surface area is 451 Å². The summed E-state index contributed by atoms with van der Waals surface area (Å²) in [6.07, 6.45) is 4.11. The number of fused-ring (bicyclic) bond motifs is 5. The summed E-state index contributed by atoms with van der Waals surface area (Å²) >= 11 is 6.42. The topological polar surface area (TPSA) is 154 Å². The van der Waals surface area contributed by atoms with Gasteiger partial charge in [-0.15, -0.1) is 0 Å². The molecule has 3 aliphatic rings. The van der Waals surface area contributed by atoms with Crippen molar-refractivity contribution in [3.05, 3.63) is 86.5 Å². The van der Waals surface area contributed by atoms with Gasteiger partial charge in [0.1, 0.15) is 23.7 Å². The van der Waals surface area contributed by atoms with Gasteiger partial charge in [-0.2, -0.15) is 0 Å². The lowest BCUT2D eigenvalue weighted by Crippen LogP contribution is -3.00. The molecule has 3 aliphatic heterocycles. The maximum atomic E-state index is 13.3. The van der Waals surface area contributed by atoms with Crippen molar-refractivity contribution in [1.29, 1.82) is 0 Å². The summed E-state index contributed by atoms with van der Waals surface area (Å²) in [5, 5.41) is -0.376. The molecule has 0 bridgehead atoms. The van der Waals surface area contributed by atoms with Crippen LogP contribution in [0.15, 0.2) is 47.5 Å². The largest absolute Gasteiger partial charge is 1.00 e. The maximum absolute atomic E-state index is 13.3. The summed E-state index contributed by atoms with van der Waals surface area (Å²) in [5.41, 5.74) is 7.39. The number of hydrogen-bond acceptors (Lipinski definition) is 15. The van der Waals surface area contributed by atoms with Gasteiger partial charge in [-0.05, 0) is 53.1 Å². The van der Waals surface area contributed by atoms with Crippen molar-refractivity contribution in [2.24, 2.45) is 0 Å². The molecule has 0 saturated carbocycles. The van der Waals surface area contributed by atoms with Gasteiger partial charge in [-0.25, -0.2) is 9.59 Å². The van der Waals surface area contributed by atoms with E-state index in [2.05, 4.69) is 7.05 Å². The van der Waals surface area contributed by atoms with Crippen LogP contribution in [0.5, 0.6) is 63.2 Å². The number of esters is 2. The first-order chi connectivity index (χ1) is 34.8. The summed E-state index contributed by atoms with van der Waals surface area (Å²) in [7, 11) is 19.9. The van der Waals surface area contributed by atoms with Crippen LogP contribution < -0.4 is 76.9 Å². The number of methoxy groups -OCH3 is 11. The van der Waals surface area contributed by atoms with Gasteiger partial charge < -0.3 is 95.4 Å². The first kappa shape index (κ1) is 59.0. The van der Waals surface area contributed by atoms with E-state index in [4.69, 9.17) is 73.2 Å². The van der Waals surface area contributed by atoms with Crippen LogP contribution in [0.2, 0.25) is 0 Å². The Bertz CT molecular complexity index is 2660. The summed E-state index contributed by atoms with van der Waals surface area (Å²) in [6, 6.07) is 11.8. The molecule has 0 saturated heterocycles. The van der Waals surface area contributed by atoms with Crippen molar-refractivity contribution in [2.75, 3.05) is 125 Å². The highest BCUT2D eigenvalue weighted by Crippen LogP contribution is 2.56. The molecule has 4 atom stereocenters. The third-order valence-corrected chi connectivity index (χ3v) is 14.9. The van der Waals surface area contributed by atoms with Gasteiger partial charge in [0.25, 0.3) is 0 Å². The van der Waals surface area contributed by atoms with E-state index in [-0.39, 0.29) is 55.1 Å². The Kier molecular flexibility index (Phi) is 20.4. The standard InChI is InChI=1S/C54H69ClN2O15.2ClH/c1-56(19-15-32-24-40(60-2)41(61-3)29-36(32)48(56)35-27-42(62-4)50(67-9)43(28-35)63-5)17-13-21-71-46(58)30-38(55)54(59)72-22-14-18-57-20-16-33-25-44(64-6)52(69-11)53(70-12)47(33)39(57)23-34-26-45(65-7)51(68-10)49(66-8)37(34)31-57;;/h24-30,39,48H,13-23,31H2,1-12H3;2*1H/q+2;;/p-2/b38-30-;;/t39-,48+,56?,57?;;/m1../s1. The van der Waals surface area contributed by atoms with Crippen LogP contribution in [0, 0.1) is 0 Å². The second-order valence-corrected chi connectivity index (χ2v) is 18.6. The lowest BCUT2D eigenvalue weighted by molar-refractivity contribution is -0.973. The highest BCUT2D eigenvalue weighted by atomic mass is 35.5. The average Bonchev–Trinajstić information content (AvgIpc) is 3.40. The van der Waals surface area contributed by atoms with Crippen molar-refractivity contribution < 1.29 is 105 Å². The summed E-state index contributed by atoms with van der Waals surface area (Å²) < 4.78 is 76.4. The van der Waals surface area contributed by atoms with E-state index in [0.29, 0.717) is 111 Å². The Hall–Kier alpha value is -5.85. The zero-order valence-electron chi connectivity index (χ0n) is 44.3. The molecule has 7 rings (SSSR count). The number of benzene rings is 4. The molecule has 406 valence electrons. The van der Waals surface area contributed by atoms with Crippen molar-refractivity contribution in [2.45, 2.75) is 50.7 Å². The Balaban J connectivity index is 0.00000507. The van der Waals surface area contributed by atoms with E-state index >= 15 is 0 Å². The van der Waals surface area contributed by atoms with Crippen LogP contribution in [-0.2, 0) is 44.9 Å². The third kappa shape index (κ3) is 11.4. The second kappa shape index (κ2) is 25.6. The van der Waals surface area contributed by atoms with Crippen molar-refractivity contribution >= 4 is 23.5 Å². The molecule has 0 aliphatic carbocycles. The third-order valence-electron chi connectivity index (χ3n) is 14.6. The van der Waals surface area contributed by atoms with E-state index in [1.807, 2.05) is 36.4 Å². The number of quaternary nitrogens is 2. The second-order valence-electron chi connectivity index (χ2n) is 18.2. The summed E-state index contributed by atoms with van der Waals surface area (Å²) in [5.74, 6) is 4.75. The molecule has 0 amide bonds. The van der Waals surface area contributed by atoms with Gasteiger partial charge in [0.05, 0.1) is 136 Å². The van der Waals surface area contributed by atoms with Crippen molar-refractivity contribution in [3.63, 3.8) is 0 Å². The minimum Gasteiger partial charge on any atom is -1.00 e. The number of carbonyl (C=O) groups is 2. The van der Waals surface area contributed by atoms with Gasteiger partial charge in [0.15, 0.2) is 46.0 Å². The molecule has 0 aromatic heterocycles. The van der Waals surface area contributed by atoms with Gasteiger partial charge in [-0.1, -0.05) is 11.6 Å². The van der Waals surface area contributed by atoms with Gasteiger partial charge in [0, 0.05) is 49.3 Å². The van der Waals surface area contributed by atoms with Crippen LogP contribution in [0.1, 0.15) is 63.9 Å². The monoisotopic (exact) mass is 1090 g/mol. The van der Waals surface area contributed by atoms with Gasteiger partial charge in [-0.3, -0.25) is 0 Å². The SMILES string of the molecule is COc1cc2c(cc1OC)[C@H](c1cc(OC)c(OC)c(OC)c1)[N+](C)(CCCOC(=O)/C=C(\Cl)C(=O)OCCC[N+]13CCc4cc(OC)c(OC)c(OC)c4[C@H]1Cc1cc(OC)c(OC)c(OC)c1C3)CC2.[Cl-].[Cl-]. The van der Waals surface area contributed by atoms with Crippen molar-refractivity contribution in [1.82, 2.24) is 0 Å². The number of ether oxygens (including phenoxy) is 13. The fourth-order valence-electron chi connectivity index (χ4n) is 11.3. The predicted octanol–water partition coefficient (Wildman–Crippen LogP) is 1.74. The van der Waals surface area contributed by atoms with Crippen LogP contribution >= 0.6 is 11.6 Å². The fourth-order valence-corrected chi connectivity index (χ4v) is 11.4. The van der Waals surface area contributed by atoms with E-state index in [0.717, 1.165) is 71.0 Å². The van der Waals surface area contributed by atoms with Crippen molar-refractivity contribution in [3.8, 4) is 63.2 Å². The molecular weight excluding hydrogens is 1020 g/mol. The molecule has 74 heavy (non-hydrogen) atoms.